The van der Waals surface area contributed by atoms with E-state index in [-0.39, 0.29) is 0 Å². The first kappa shape index (κ1) is 17.2. The average Bonchev–Trinajstić information content (AvgIpc) is 3.40. The molecule has 7 nitrogen and oxygen atoms in total. The lowest BCUT2D eigenvalue weighted by Gasteiger charge is -2.26. The lowest BCUT2D eigenvalue weighted by molar-refractivity contribution is -0.142. The Morgan fingerprint density at radius 1 is 1.10 bits per heavy atom. The van der Waals surface area contributed by atoms with Crippen LogP contribution in [0.3, 0.4) is 0 Å². The van der Waals surface area contributed by atoms with Crippen LogP contribution in [0.5, 0.6) is 0 Å². The molecule has 1 aliphatic rings. The van der Waals surface area contributed by atoms with E-state index in [2.05, 4.69) is 26.6 Å². The van der Waals surface area contributed by atoms with E-state index in [9.17, 15) is 9.59 Å². The Morgan fingerprint density at radius 2 is 2.00 bits per heavy atom. The Labute approximate surface area is 166 Å². The van der Waals surface area contributed by atoms with Crippen molar-refractivity contribution in [1.29, 1.82) is 0 Å². The number of aromatic nitrogens is 3. The summed E-state index contributed by atoms with van der Waals surface area (Å²) in [4.78, 5) is 29.9. The number of rotatable bonds is 2. The predicted molar refractivity (Wildman–Crippen MR) is 112 cm³/mol. The number of fused-ring (bicyclic) bond motifs is 2. The van der Waals surface area contributed by atoms with E-state index in [0.29, 0.717) is 25.2 Å². The zero-order chi connectivity index (χ0) is 19.8. The molecule has 0 aliphatic carbocycles. The van der Waals surface area contributed by atoms with Gasteiger partial charge in [-0.15, -0.1) is 0 Å². The van der Waals surface area contributed by atoms with Crippen molar-refractivity contribution in [1.82, 2.24) is 20.1 Å². The van der Waals surface area contributed by atoms with Gasteiger partial charge in [-0.05, 0) is 36.3 Å². The van der Waals surface area contributed by atoms with Crippen molar-refractivity contribution in [3.8, 4) is 0 Å². The fraction of sp³-hybridized carbons (Fsp3) is 0.136. The van der Waals surface area contributed by atoms with E-state index in [4.69, 9.17) is 0 Å². The normalized spacial score (nSPS) is 14.2. The van der Waals surface area contributed by atoms with Crippen LogP contribution in [0.25, 0.3) is 27.4 Å². The quantitative estimate of drug-likeness (QED) is 0.462. The number of nitrogens with one attached hydrogen (secondary N) is 3. The molecule has 0 bridgehead atoms. The number of H-pyrrole nitrogens is 2. The summed E-state index contributed by atoms with van der Waals surface area (Å²) in [6.07, 6.45) is 6.42. The van der Waals surface area contributed by atoms with Crippen molar-refractivity contribution in [3.05, 3.63) is 66.5 Å². The lowest BCUT2D eigenvalue weighted by atomic mass is 9.99. The molecule has 4 aromatic rings. The van der Waals surface area contributed by atoms with Gasteiger partial charge in [0, 0.05) is 46.8 Å². The Bertz CT molecular complexity index is 1270. The third-order valence-electron chi connectivity index (χ3n) is 5.32. The van der Waals surface area contributed by atoms with E-state index >= 15 is 0 Å². The second-order valence-electron chi connectivity index (χ2n) is 7.10. The number of nitrogens with zero attached hydrogens (tertiary/aromatic N) is 2. The monoisotopic (exact) mass is 385 g/mol. The fourth-order valence-electron chi connectivity index (χ4n) is 3.78. The predicted octanol–water partition coefficient (Wildman–Crippen LogP) is 3.30. The molecule has 0 saturated carbocycles. The first-order valence-corrected chi connectivity index (χ1v) is 9.48. The van der Waals surface area contributed by atoms with Crippen molar-refractivity contribution in [2.24, 2.45) is 0 Å². The van der Waals surface area contributed by atoms with Gasteiger partial charge in [-0.1, -0.05) is 24.3 Å². The van der Waals surface area contributed by atoms with Gasteiger partial charge in [-0.2, -0.15) is 5.10 Å². The van der Waals surface area contributed by atoms with Gasteiger partial charge in [0.05, 0.1) is 11.7 Å². The molecule has 29 heavy (non-hydrogen) atoms. The van der Waals surface area contributed by atoms with E-state index in [1.807, 2.05) is 36.5 Å². The van der Waals surface area contributed by atoms with E-state index in [0.717, 1.165) is 22.0 Å². The van der Waals surface area contributed by atoms with Gasteiger partial charge in [0.25, 0.3) is 0 Å². The van der Waals surface area contributed by atoms with Gasteiger partial charge in [-0.3, -0.25) is 14.7 Å². The van der Waals surface area contributed by atoms with Crippen LogP contribution < -0.4 is 5.32 Å². The highest BCUT2D eigenvalue weighted by Crippen LogP contribution is 2.29. The Balaban J connectivity index is 1.28. The van der Waals surface area contributed by atoms with Crippen LogP contribution in [-0.2, 0) is 9.59 Å². The minimum Gasteiger partial charge on any atom is -0.361 e. The molecule has 2 amide bonds. The third-order valence-corrected chi connectivity index (χ3v) is 5.32. The molecular weight excluding hydrogens is 366 g/mol. The summed E-state index contributed by atoms with van der Waals surface area (Å²) in [7, 11) is 0. The maximum absolute atomic E-state index is 12.6. The van der Waals surface area contributed by atoms with Crippen LogP contribution in [0.1, 0.15) is 12.0 Å². The van der Waals surface area contributed by atoms with E-state index < -0.39 is 11.8 Å². The number of anilines is 1. The van der Waals surface area contributed by atoms with Gasteiger partial charge in [0.2, 0.25) is 0 Å². The zero-order valence-electron chi connectivity index (χ0n) is 15.6. The molecule has 1 aliphatic heterocycles. The van der Waals surface area contributed by atoms with Crippen molar-refractivity contribution in [2.45, 2.75) is 6.42 Å². The number of amides is 2. The maximum Gasteiger partial charge on any atom is 0.313 e. The number of aromatic amines is 2. The number of hydrogen-bond acceptors (Lipinski definition) is 3. The molecule has 0 fully saturated rings. The SMILES string of the molecule is O=C(Nc1ccc2[nH]ncc2c1)C(=O)N1CC=C(c2c[nH]c3ccccc23)CC1. The minimum absolute atomic E-state index is 0.419. The summed E-state index contributed by atoms with van der Waals surface area (Å²) in [5, 5.41) is 11.5. The Kier molecular flexibility index (Phi) is 4.13. The minimum atomic E-state index is -0.628. The van der Waals surface area contributed by atoms with E-state index in [1.54, 1.807) is 23.2 Å². The average molecular weight is 385 g/mol. The number of hydrogen-bond donors (Lipinski definition) is 3. The number of para-hydroxylation sites is 1. The van der Waals surface area contributed by atoms with E-state index in [1.165, 1.54) is 11.0 Å². The molecule has 7 heteroatoms. The molecule has 0 saturated heterocycles. The van der Waals surface area contributed by atoms with Gasteiger partial charge in [0.15, 0.2) is 0 Å². The molecule has 0 radical (unpaired) electrons. The summed E-state index contributed by atoms with van der Waals surface area (Å²) in [5.74, 6) is -1.15. The summed E-state index contributed by atoms with van der Waals surface area (Å²) in [6.45, 7) is 0.931. The molecule has 144 valence electrons. The molecule has 2 aromatic heterocycles. The zero-order valence-corrected chi connectivity index (χ0v) is 15.6. The number of carbonyl (C=O) groups excluding carboxylic acids is 2. The highest BCUT2D eigenvalue weighted by Gasteiger charge is 2.24. The van der Waals surface area contributed by atoms with Crippen LogP contribution in [0.15, 0.2) is 60.9 Å². The Hall–Kier alpha value is -3.87. The van der Waals surface area contributed by atoms with Crippen LogP contribution in [0, 0.1) is 0 Å². The summed E-state index contributed by atoms with van der Waals surface area (Å²) >= 11 is 0. The standard InChI is InChI=1S/C22H19N5O2/c28-21(25-16-5-6-19-15(11-16)12-24-26-19)22(29)27-9-7-14(8-10-27)18-13-23-20-4-2-1-3-17(18)20/h1-7,11-13,23H,8-10H2,(H,24,26)(H,25,28). The number of benzene rings is 2. The first-order valence-electron chi connectivity index (χ1n) is 9.48. The van der Waals surface area contributed by atoms with Crippen LogP contribution in [0.2, 0.25) is 0 Å². The Morgan fingerprint density at radius 3 is 2.86 bits per heavy atom. The fourth-order valence-corrected chi connectivity index (χ4v) is 3.78. The lowest BCUT2D eigenvalue weighted by Crippen LogP contribution is -2.41. The first-order chi connectivity index (χ1) is 14.2. The maximum atomic E-state index is 12.6. The third kappa shape index (κ3) is 3.16. The van der Waals surface area contributed by atoms with Crippen LogP contribution >= 0.6 is 0 Å². The van der Waals surface area contributed by atoms with Crippen molar-refractivity contribution in [2.75, 3.05) is 18.4 Å². The van der Waals surface area contributed by atoms with Gasteiger partial charge in [-0.25, -0.2) is 0 Å². The van der Waals surface area contributed by atoms with Crippen molar-refractivity contribution < 1.29 is 9.59 Å². The van der Waals surface area contributed by atoms with Gasteiger partial charge < -0.3 is 15.2 Å². The molecule has 0 atom stereocenters. The molecule has 3 heterocycles. The molecule has 0 unspecified atom stereocenters. The van der Waals surface area contributed by atoms with Crippen molar-refractivity contribution in [3.63, 3.8) is 0 Å². The molecule has 3 N–H and O–H groups in total. The highest BCUT2D eigenvalue weighted by molar-refractivity contribution is 6.39. The molecule has 2 aromatic carbocycles. The number of carbonyl (C=O) groups is 2. The van der Waals surface area contributed by atoms with Crippen LogP contribution in [-0.4, -0.2) is 45.0 Å². The summed E-state index contributed by atoms with van der Waals surface area (Å²) in [5.41, 5.74) is 4.89. The second kappa shape index (κ2) is 6.94. The molecular formula is C22H19N5O2. The summed E-state index contributed by atoms with van der Waals surface area (Å²) < 4.78 is 0. The second-order valence-corrected chi connectivity index (χ2v) is 7.10. The smallest absolute Gasteiger partial charge is 0.313 e. The molecule has 5 rings (SSSR count). The van der Waals surface area contributed by atoms with Crippen molar-refractivity contribution >= 4 is 44.9 Å². The highest BCUT2D eigenvalue weighted by atomic mass is 16.2. The van der Waals surface area contributed by atoms with Gasteiger partial charge >= 0.3 is 11.8 Å². The van der Waals surface area contributed by atoms with Crippen LogP contribution in [0.4, 0.5) is 5.69 Å². The summed E-state index contributed by atoms with van der Waals surface area (Å²) in [6, 6.07) is 13.5. The van der Waals surface area contributed by atoms with Gasteiger partial charge in [0.1, 0.15) is 0 Å². The molecule has 0 spiro atoms. The largest absolute Gasteiger partial charge is 0.361 e. The topological polar surface area (TPSA) is 93.9 Å².